The van der Waals surface area contributed by atoms with E-state index in [-0.39, 0.29) is 0 Å². The van der Waals surface area contributed by atoms with Crippen molar-refractivity contribution < 1.29 is 4.74 Å². The van der Waals surface area contributed by atoms with Crippen molar-refractivity contribution in [1.29, 1.82) is 0 Å². The molecule has 4 rings (SSSR count). The minimum atomic E-state index is 0.616. The van der Waals surface area contributed by atoms with Gasteiger partial charge in [-0.15, -0.1) is 6.58 Å². The molecule has 4 nitrogen and oxygen atoms in total. The molecule has 0 aliphatic carbocycles. The van der Waals surface area contributed by atoms with Crippen LogP contribution in [0.3, 0.4) is 0 Å². The highest BCUT2D eigenvalue weighted by Gasteiger charge is 2.25. The molecule has 0 bridgehead atoms. The third kappa shape index (κ3) is 4.28. The lowest BCUT2D eigenvalue weighted by Crippen LogP contribution is -2.21. The monoisotopic (exact) mass is 387 g/mol. The number of aromatic nitrogens is 2. The van der Waals surface area contributed by atoms with Gasteiger partial charge in [0.25, 0.3) is 0 Å². The number of para-hydroxylation sites is 1. The Morgan fingerprint density at radius 2 is 1.93 bits per heavy atom. The molecule has 0 spiro atoms. The summed E-state index contributed by atoms with van der Waals surface area (Å²) in [5.41, 5.74) is 4.39. The predicted octanol–water partition coefficient (Wildman–Crippen LogP) is 5.12. The van der Waals surface area contributed by atoms with Crippen LogP contribution < -0.4 is 4.74 Å². The molecule has 1 saturated heterocycles. The number of hydrogen-bond donors (Lipinski definition) is 0. The first-order valence-electron chi connectivity index (χ1n) is 10.5. The van der Waals surface area contributed by atoms with Gasteiger partial charge in [0.15, 0.2) is 0 Å². The van der Waals surface area contributed by atoms with Crippen LogP contribution in [0.2, 0.25) is 0 Å². The van der Waals surface area contributed by atoms with E-state index in [1.54, 1.807) is 0 Å². The van der Waals surface area contributed by atoms with Crippen LogP contribution in [0, 0.1) is 5.92 Å². The van der Waals surface area contributed by atoms with Crippen molar-refractivity contribution >= 4 is 0 Å². The van der Waals surface area contributed by atoms with Gasteiger partial charge in [0, 0.05) is 30.8 Å². The van der Waals surface area contributed by atoms with Crippen LogP contribution in [-0.2, 0) is 6.54 Å². The van der Waals surface area contributed by atoms with E-state index in [1.807, 2.05) is 37.5 Å². The Labute approximate surface area is 173 Å². The Balaban J connectivity index is 1.73. The van der Waals surface area contributed by atoms with Gasteiger partial charge in [-0.3, -0.25) is 4.90 Å². The van der Waals surface area contributed by atoms with Gasteiger partial charge in [-0.1, -0.05) is 48.5 Å². The van der Waals surface area contributed by atoms with E-state index in [4.69, 9.17) is 9.72 Å². The molecule has 1 aliphatic heterocycles. The molecule has 0 saturated carbocycles. The smallest absolute Gasteiger partial charge is 0.128 e. The number of imidazole rings is 1. The predicted molar refractivity (Wildman–Crippen MR) is 119 cm³/mol. The van der Waals surface area contributed by atoms with Crippen LogP contribution in [0.4, 0.5) is 0 Å². The van der Waals surface area contributed by atoms with E-state index in [9.17, 15) is 0 Å². The molecule has 2 aromatic carbocycles. The van der Waals surface area contributed by atoms with Crippen molar-refractivity contribution in [2.24, 2.45) is 5.92 Å². The summed E-state index contributed by atoms with van der Waals surface area (Å²) in [6.07, 6.45) is 5.20. The maximum Gasteiger partial charge on any atom is 0.128 e. The van der Waals surface area contributed by atoms with Gasteiger partial charge in [0.1, 0.15) is 5.75 Å². The lowest BCUT2D eigenvalue weighted by atomic mass is 10.0. The largest absolute Gasteiger partial charge is 0.493 e. The molecule has 3 aromatic rings. The molecular weight excluding hydrogens is 358 g/mol. The number of rotatable bonds is 8. The molecular formula is C25H29N3O. The van der Waals surface area contributed by atoms with E-state index in [2.05, 4.69) is 52.4 Å². The summed E-state index contributed by atoms with van der Waals surface area (Å²) in [5.74, 6) is 1.53. The first-order chi connectivity index (χ1) is 14.3. The Morgan fingerprint density at radius 1 is 1.14 bits per heavy atom. The van der Waals surface area contributed by atoms with Gasteiger partial charge in [-0.05, 0) is 37.9 Å². The summed E-state index contributed by atoms with van der Waals surface area (Å²) in [6, 6.07) is 18.7. The lowest BCUT2D eigenvalue weighted by Gasteiger charge is -2.18. The number of ether oxygens (including phenoxy) is 1. The third-order valence-corrected chi connectivity index (χ3v) is 5.54. The average molecular weight is 388 g/mol. The molecule has 4 heteroatoms. The van der Waals surface area contributed by atoms with E-state index in [0.717, 1.165) is 54.4 Å². The fraction of sp³-hybridized carbons (Fsp3) is 0.320. The first kappa shape index (κ1) is 19.5. The fourth-order valence-electron chi connectivity index (χ4n) is 4.24. The zero-order valence-corrected chi connectivity index (χ0v) is 17.1. The maximum absolute atomic E-state index is 5.97. The van der Waals surface area contributed by atoms with Crippen molar-refractivity contribution in [3.8, 4) is 28.3 Å². The van der Waals surface area contributed by atoms with Crippen LogP contribution in [0.5, 0.6) is 5.75 Å². The van der Waals surface area contributed by atoms with E-state index < -0.39 is 0 Å². The SMILES string of the molecule is C=CCN1CCC(Cn2cnc(-c3ccccc3)c2-c2ccccc2OCC)C1. The van der Waals surface area contributed by atoms with Crippen molar-refractivity contribution in [2.45, 2.75) is 19.9 Å². The number of likely N-dealkylation sites (tertiary alicyclic amines) is 1. The normalized spacial score (nSPS) is 16.8. The summed E-state index contributed by atoms with van der Waals surface area (Å²) in [6.45, 7) is 10.7. The number of hydrogen-bond acceptors (Lipinski definition) is 3. The molecule has 0 amide bonds. The summed E-state index contributed by atoms with van der Waals surface area (Å²) < 4.78 is 8.29. The van der Waals surface area contributed by atoms with Gasteiger partial charge in [-0.25, -0.2) is 4.98 Å². The fourth-order valence-corrected chi connectivity index (χ4v) is 4.24. The second-order valence-electron chi connectivity index (χ2n) is 7.59. The minimum Gasteiger partial charge on any atom is -0.493 e. The average Bonchev–Trinajstić information content (AvgIpc) is 3.37. The molecule has 0 N–H and O–H groups in total. The standard InChI is InChI=1S/C25H29N3O/c1-3-15-27-16-14-20(17-27)18-28-19-26-24(21-10-6-5-7-11-21)25(28)22-12-8-9-13-23(22)29-4-2/h3,5-13,19-20H,1,4,14-18H2,2H3. The maximum atomic E-state index is 5.97. The summed E-state index contributed by atoms with van der Waals surface area (Å²) in [7, 11) is 0. The van der Waals surface area contributed by atoms with Crippen LogP contribution in [-0.4, -0.2) is 40.7 Å². The molecule has 1 unspecified atom stereocenters. The molecule has 1 aromatic heterocycles. The first-order valence-corrected chi connectivity index (χ1v) is 10.5. The van der Waals surface area contributed by atoms with E-state index >= 15 is 0 Å². The van der Waals surface area contributed by atoms with Crippen LogP contribution in [0.15, 0.2) is 73.6 Å². The van der Waals surface area contributed by atoms with Crippen LogP contribution in [0.25, 0.3) is 22.5 Å². The van der Waals surface area contributed by atoms with Gasteiger partial charge in [-0.2, -0.15) is 0 Å². The molecule has 1 aliphatic rings. The van der Waals surface area contributed by atoms with E-state index in [1.165, 1.54) is 6.42 Å². The highest BCUT2D eigenvalue weighted by Crippen LogP contribution is 2.37. The highest BCUT2D eigenvalue weighted by atomic mass is 16.5. The van der Waals surface area contributed by atoms with Gasteiger partial charge >= 0.3 is 0 Å². The Morgan fingerprint density at radius 3 is 2.72 bits per heavy atom. The highest BCUT2D eigenvalue weighted by molar-refractivity contribution is 5.81. The van der Waals surface area contributed by atoms with Gasteiger partial charge in [0.2, 0.25) is 0 Å². The Hall–Kier alpha value is -2.85. The number of nitrogens with zero attached hydrogens (tertiary/aromatic N) is 3. The summed E-state index contributed by atoms with van der Waals surface area (Å²) in [5, 5.41) is 0. The zero-order chi connectivity index (χ0) is 20.1. The Bertz CT molecular complexity index is 948. The third-order valence-electron chi connectivity index (χ3n) is 5.54. The summed E-state index contributed by atoms with van der Waals surface area (Å²) >= 11 is 0. The second-order valence-corrected chi connectivity index (χ2v) is 7.59. The summed E-state index contributed by atoms with van der Waals surface area (Å²) in [4.78, 5) is 7.31. The van der Waals surface area contributed by atoms with E-state index in [0.29, 0.717) is 12.5 Å². The second kappa shape index (κ2) is 9.10. The Kier molecular flexibility index (Phi) is 6.11. The molecule has 1 atom stereocenters. The van der Waals surface area contributed by atoms with Crippen molar-refractivity contribution in [3.63, 3.8) is 0 Å². The topological polar surface area (TPSA) is 30.3 Å². The molecule has 150 valence electrons. The lowest BCUT2D eigenvalue weighted by molar-refractivity contribution is 0.340. The van der Waals surface area contributed by atoms with Crippen LogP contribution in [0.1, 0.15) is 13.3 Å². The minimum absolute atomic E-state index is 0.616. The van der Waals surface area contributed by atoms with Crippen molar-refractivity contribution in [1.82, 2.24) is 14.5 Å². The number of benzene rings is 2. The molecule has 0 radical (unpaired) electrons. The van der Waals surface area contributed by atoms with Gasteiger partial charge in [0.05, 0.1) is 24.3 Å². The molecule has 2 heterocycles. The van der Waals surface area contributed by atoms with Crippen LogP contribution >= 0.6 is 0 Å². The van der Waals surface area contributed by atoms with Crippen molar-refractivity contribution in [3.05, 3.63) is 73.6 Å². The van der Waals surface area contributed by atoms with Crippen molar-refractivity contribution in [2.75, 3.05) is 26.2 Å². The molecule has 1 fully saturated rings. The quantitative estimate of drug-likeness (QED) is 0.502. The molecule has 29 heavy (non-hydrogen) atoms. The zero-order valence-electron chi connectivity index (χ0n) is 17.1. The van der Waals surface area contributed by atoms with Gasteiger partial charge < -0.3 is 9.30 Å².